The third kappa shape index (κ3) is 4.42. The largest absolute Gasteiger partial charge is 0.383 e. The van der Waals surface area contributed by atoms with Crippen molar-refractivity contribution in [3.63, 3.8) is 0 Å². The molecule has 0 bridgehead atoms. The first-order valence-corrected chi connectivity index (χ1v) is 10.5. The SMILES string of the molecule is CC(=O)N(c1nc(CSc2nc(N)cc(N)n2)cs1)c1c(C)cc(C)cc1C. The zero-order valence-electron chi connectivity index (χ0n) is 16.2. The highest BCUT2D eigenvalue weighted by atomic mass is 32.2. The molecule has 3 aromatic rings. The van der Waals surface area contributed by atoms with Crippen LogP contribution >= 0.6 is 23.1 Å². The van der Waals surface area contributed by atoms with Crippen LogP contribution in [0.2, 0.25) is 0 Å². The zero-order chi connectivity index (χ0) is 20.4. The van der Waals surface area contributed by atoms with E-state index in [1.165, 1.54) is 34.7 Å². The second-order valence-corrected chi connectivity index (χ2v) is 8.29. The van der Waals surface area contributed by atoms with Crippen LogP contribution in [0.25, 0.3) is 0 Å². The lowest BCUT2D eigenvalue weighted by atomic mass is 10.0. The Bertz CT molecular complexity index is 990. The molecule has 146 valence electrons. The Morgan fingerprint density at radius 1 is 1.07 bits per heavy atom. The Kier molecular flexibility index (Phi) is 5.85. The van der Waals surface area contributed by atoms with Crippen molar-refractivity contribution in [3.05, 3.63) is 46.0 Å². The van der Waals surface area contributed by atoms with Crippen LogP contribution in [0.3, 0.4) is 0 Å². The molecule has 0 saturated carbocycles. The molecule has 9 heteroatoms. The smallest absolute Gasteiger partial charge is 0.230 e. The van der Waals surface area contributed by atoms with E-state index >= 15 is 0 Å². The van der Waals surface area contributed by atoms with E-state index in [2.05, 4.69) is 27.1 Å². The molecule has 3 rings (SSSR count). The molecule has 28 heavy (non-hydrogen) atoms. The fourth-order valence-electron chi connectivity index (χ4n) is 3.04. The van der Waals surface area contributed by atoms with Gasteiger partial charge in [0.2, 0.25) is 5.91 Å². The predicted octanol–water partition coefficient (Wildman–Crippen LogP) is 4.00. The number of amides is 1. The number of carbonyl (C=O) groups excluding carboxylic acids is 1. The summed E-state index contributed by atoms with van der Waals surface area (Å²) in [6.07, 6.45) is 0. The van der Waals surface area contributed by atoms with E-state index in [-0.39, 0.29) is 5.91 Å². The zero-order valence-corrected chi connectivity index (χ0v) is 17.8. The molecule has 1 amide bonds. The summed E-state index contributed by atoms with van der Waals surface area (Å²) >= 11 is 2.83. The number of rotatable bonds is 5. The molecule has 0 atom stereocenters. The predicted molar refractivity (Wildman–Crippen MR) is 116 cm³/mol. The first-order chi connectivity index (χ1) is 13.2. The van der Waals surface area contributed by atoms with Crippen LogP contribution in [0.15, 0.2) is 28.7 Å². The van der Waals surface area contributed by atoms with Crippen LogP contribution in [0.4, 0.5) is 22.5 Å². The highest BCUT2D eigenvalue weighted by Gasteiger charge is 2.22. The quantitative estimate of drug-likeness (QED) is 0.479. The monoisotopic (exact) mass is 414 g/mol. The molecule has 0 aliphatic rings. The Morgan fingerprint density at radius 3 is 2.25 bits per heavy atom. The van der Waals surface area contributed by atoms with Crippen LogP contribution in [-0.4, -0.2) is 20.9 Å². The van der Waals surface area contributed by atoms with Gasteiger partial charge in [0.1, 0.15) is 11.6 Å². The summed E-state index contributed by atoms with van der Waals surface area (Å²) in [5.74, 6) is 1.15. The van der Waals surface area contributed by atoms with Gasteiger partial charge in [0, 0.05) is 24.1 Å². The molecule has 0 saturated heterocycles. The van der Waals surface area contributed by atoms with Gasteiger partial charge in [-0.3, -0.25) is 9.69 Å². The highest BCUT2D eigenvalue weighted by molar-refractivity contribution is 7.98. The Labute approximate surface area is 172 Å². The molecule has 0 unspecified atom stereocenters. The van der Waals surface area contributed by atoms with E-state index in [9.17, 15) is 4.79 Å². The lowest BCUT2D eigenvalue weighted by Gasteiger charge is -2.23. The first kappa shape index (κ1) is 20.1. The number of nitrogen functional groups attached to an aromatic ring is 2. The number of nitrogens with zero attached hydrogens (tertiary/aromatic N) is 4. The third-order valence-corrected chi connectivity index (χ3v) is 5.75. The molecule has 0 aliphatic heterocycles. The summed E-state index contributed by atoms with van der Waals surface area (Å²) < 4.78 is 0. The lowest BCUT2D eigenvalue weighted by Crippen LogP contribution is -2.24. The Balaban J connectivity index is 1.85. The maximum absolute atomic E-state index is 12.4. The van der Waals surface area contributed by atoms with E-state index in [0.717, 1.165) is 22.5 Å². The standard InChI is InChI=1S/C19H22N6OS2/c1-10-5-11(2)17(12(3)6-10)25(13(4)26)19-22-14(9-28-19)8-27-18-23-15(20)7-16(21)24-18/h5-7,9H,8H2,1-4H3,(H4,20,21,23,24). The normalized spacial score (nSPS) is 10.9. The summed E-state index contributed by atoms with van der Waals surface area (Å²) in [5.41, 5.74) is 16.4. The molecular formula is C19H22N6OS2. The number of anilines is 4. The van der Waals surface area contributed by atoms with Crippen molar-refractivity contribution < 1.29 is 4.79 Å². The van der Waals surface area contributed by atoms with Gasteiger partial charge in [-0.2, -0.15) is 0 Å². The maximum atomic E-state index is 12.4. The van der Waals surface area contributed by atoms with Crippen molar-refractivity contribution in [2.45, 2.75) is 38.6 Å². The summed E-state index contributed by atoms with van der Waals surface area (Å²) in [6.45, 7) is 7.62. The molecule has 2 heterocycles. The molecule has 1 aromatic carbocycles. The molecule has 0 radical (unpaired) electrons. The Hall–Kier alpha value is -2.65. The number of hydrogen-bond acceptors (Lipinski definition) is 8. The number of aryl methyl sites for hydroxylation is 3. The van der Waals surface area contributed by atoms with Gasteiger partial charge < -0.3 is 11.5 Å². The average molecular weight is 415 g/mol. The van der Waals surface area contributed by atoms with Gasteiger partial charge in [0.15, 0.2) is 10.3 Å². The van der Waals surface area contributed by atoms with Crippen LogP contribution in [0.5, 0.6) is 0 Å². The second-order valence-electron chi connectivity index (χ2n) is 6.51. The minimum atomic E-state index is -0.0736. The molecule has 0 fully saturated rings. The average Bonchev–Trinajstić information content (AvgIpc) is 3.03. The number of nitrogens with two attached hydrogens (primary N) is 2. The van der Waals surface area contributed by atoms with E-state index < -0.39 is 0 Å². The minimum Gasteiger partial charge on any atom is -0.383 e. The van der Waals surface area contributed by atoms with Gasteiger partial charge in [0.25, 0.3) is 0 Å². The van der Waals surface area contributed by atoms with E-state index in [1.807, 2.05) is 26.2 Å². The van der Waals surface area contributed by atoms with Crippen molar-refractivity contribution in [3.8, 4) is 0 Å². The molecule has 4 N–H and O–H groups in total. The number of thiazole rings is 1. The van der Waals surface area contributed by atoms with Crippen molar-refractivity contribution in [2.75, 3.05) is 16.4 Å². The van der Waals surface area contributed by atoms with E-state index in [1.54, 1.807) is 11.8 Å². The van der Waals surface area contributed by atoms with Gasteiger partial charge in [0.05, 0.1) is 11.4 Å². The van der Waals surface area contributed by atoms with Crippen molar-refractivity contribution in [1.29, 1.82) is 0 Å². The van der Waals surface area contributed by atoms with E-state index in [4.69, 9.17) is 11.5 Å². The van der Waals surface area contributed by atoms with Crippen LogP contribution in [0.1, 0.15) is 29.3 Å². The van der Waals surface area contributed by atoms with Crippen LogP contribution in [-0.2, 0) is 10.5 Å². The summed E-state index contributed by atoms with van der Waals surface area (Å²) in [7, 11) is 0. The topological polar surface area (TPSA) is 111 Å². The summed E-state index contributed by atoms with van der Waals surface area (Å²) in [5, 5.41) is 3.08. The van der Waals surface area contributed by atoms with Crippen molar-refractivity contribution in [1.82, 2.24) is 15.0 Å². The molecule has 2 aromatic heterocycles. The molecule has 0 aliphatic carbocycles. The summed E-state index contributed by atoms with van der Waals surface area (Å²) in [4.78, 5) is 27.1. The summed E-state index contributed by atoms with van der Waals surface area (Å²) in [6, 6.07) is 5.66. The molecule has 7 nitrogen and oxygen atoms in total. The van der Waals surface area contributed by atoms with Gasteiger partial charge in [-0.15, -0.1) is 11.3 Å². The fourth-order valence-corrected chi connectivity index (χ4v) is 4.79. The van der Waals surface area contributed by atoms with Crippen molar-refractivity contribution in [2.24, 2.45) is 0 Å². The van der Waals surface area contributed by atoms with Gasteiger partial charge >= 0.3 is 0 Å². The highest BCUT2D eigenvalue weighted by Crippen LogP contribution is 2.35. The van der Waals surface area contributed by atoms with Crippen LogP contribution < -0.4 is 16.4 Å². The van der Waals surface area contributed by atoms with Gasteiger partial charge in [-0.1, -0.05) is 29.5 Å². The van der Waals surface area contributed by atoms with Crippen LogP contribution in [0, 0.1) is 20.8 Å². The minimum absolute atomic E-state index is 0.0736. The third-order valence-electron chi connectivity index (χ3n) is 4.00. The molecular weight excluding hydrogens is 392 g/mol. The maximum Gasteiger partial charge on any atom is 0.230 e. The second kappa shape index (κ2) is 8.15. The molecule has 0 spiro atoms. The number of carbonyl (C=O) groups is 1. The Morgan fingerprint density at radius 2 is 1.68 bits per heavy atom. The fraction of sp³-hybridized carbons (Fsp3) is 0.263. The number of aromatic nitrogens is 3. The lowest BCUT2D eigenvalue weighted by molar-refractivity contribution is -0.115. The first-order valence-electron chi connectivity index (χ1n) is 8.60. The number of benzene rings is 1. The van der Waals surface area contributed by atoms with E-state index in [0.29, 0.717) is 27.7 Å². The van der Waals surface area contributed by atoms with Gasteiger partial charge in [-0.05, 0) is 31.9 Å². The number of thioether (sulfide) groups is 1. The van der Waals surface area contributed by atoms with Crippen molar-refractivity contribution >= 4 is 51.5 Å². The number of hydrogen-bond donors (Lipinski definition) is 2. The van der Waals surface area contributed by atoms with Gasteiger partial charge in [-0.25, -0.2) is 15.0 Å².